The number of hydrogen-bond donors (Lipinski definition) is 1. The van der Waals surface area contributed by atoms with E-state index >= 15 is 0 Å². The highest BCUT2D eigenvalue weighted by Gasteiger charge is 2.27. The van der Waals surface area contributed by atoms with Crippen LogP contribution in [0.1, 0.15) is 27.2 Å². The largest absolute Gasteiger partial charge is 0.396 e. The fourth-order valence-corrected chi connectivity index (χ4v) is 3.01. The predicted octanol–water partition coefficient (Wildman–Crippen LogP) is 1.79. The van der Waals surface area contributed by atoms with Gasteiger partial charge in [0.2, 0.25) is 0 Å². The first-order valence-corrected chi connectivity index (χ1v) is 5.31. The van der Waals surface area contributed by atoms with E-state index in [-0.39, 0.29) is 18.3 Å². The van der Waals surface area contributed by atoms with Crippen molar-refractivity contribution in [2.45, 2.75) is 19.8 Å². The van der Waals surface area contributed by atoms with Crippen molar-refractivity contribution in [3.05, 3.63) is 21.4 Å². The molecule has 0 fully saturated rings. The molecule has 0 aromatic carbocycles. The summed E-state index contributed by atoms with van der Waals surface area (Å²) in [5, 5.41) is 11.0. The zero-order valence-corrected chi connectivity index (χ0v) is 8.36. The average molecular weight is 196 g/mol. The molecule has 70 valence electrons. The van der Waals surface area contributed by atoms with Gasteiger partial charge in [0.25, 0.3) is 0 Å². The number of aryl methyl sites for hydroxylation is 1. The Kier molecular flexibility index (Phi) is 2.22. The van der Waals surface area contributed by atoms with E-state index in [1.54, 1.807) is 11.3 Å². The van der Waals surface area contributed by atoms with Gasteiger partial charge in [0.1, 0.15) is 0 Å². The van der Waals surface area contributed by atoms with Crippen LogP contribution in [0.3, 0.4) is 0 Å². The van der Waals surface area contributed by atoms with Crippen LogP contribution in [0.2, 0.25) is 0 Å². The van der Waals surface area contributed by atoms with E-state index in [0.29, 0.717) is 6.42 Å². The fraction of sp³-hybridized carbons (Fsp3) is 0.500. The highest BCUT2D eigenvalue weighted by molar-refractivity contribution is 7.10. The molecule has 0 spiro atoms. The van der Waals surface area contributed by atoms with Gasteiger partial charge in [-0.25, -0.2) is 0 Å². The highest BCUT2D eigenvalue weighted by Crippen LogP contribution is 2.32. The van der Waals surface area contributed by atoms with E-state index in [0.717, 1.165) is 22.4 Å². The van der Waals surface area contributed by atoms with Gasteiger partial charge in [-0.3, -0.25) is 4.79 Å². The minimum atomic E-state index is 0.127. The molecule has 0 amide bonds. The van der Waals surface area contributed by atoms with Crippen molar-refractivity contribution >= 4 is 17.1 Å². The van der Waals surface area contributed by atoms with Gasteiger partial charge >= 0.3 is 0 Å². The van der Waals surface area contributed by atoms with Crippen LogP contribution in [-0.4, -0.2) is 17.5 Å². The summed E-state index contributed by atoms with van der Waals surface area (Å²) >= 11 is 1.64. The van der Waals surface area contributed by atoms with Gasteiger partial charge in [0.05, 0.1) is 0 Å². The first kappa shape index (κ1) is 8.91. The number of carbonyl (C=O) groups excluding carboxylic acids is 1. The number of hydrogen-bond acceptors (Lipinski definition) is 3. The van der Waals surface area contributed by atoms with E-state index in [1.165, 1.54) is 0 Å². The maximum Gasteiger partial charge on any atom is 0.164 e. The smallest absolute Gasteiger partial charge is 0.164 e. The maximum atomic E-state index is 11.6. The molecule has 0 saturated carbocycles. The monoisotopic (exact) mass is 196 g/mol. The van der Waals surface area contributed by atoms with Gasteiger partial charge in [0, 0.05) is 23.5 Å². The Bertz CT molecular complexity index is 341. The van der Waals surface area contributed by atoms with Crippen LogP contribution in [0, 0.1) is 12.8 Å². The number of carbonyl (C=O) groups is 1. The predicted molar refractivity (Wildman–Crippen MR) is 52.3 cm³/mol. The van der Waals surface area contributed by atoms with Crippen LogP contribution in [-0.2, 0) is 6.42 Å². The van der Waals surface area contributed by atoms with E-state index in [1.807, 2.05) is 12.3 Å². The van der Waals surface area contributed by atoms with Crippen LogP contribution in [0.4, 0.5) is 0 Å². The van der Waals surface area contributed by atoms with E-state index in [4.69, 9.17) is 5.11 Å². The molecule has 1 aliphatic carbocycles. The van der Waals surface area contributed by atoms with Gasteiger partial charge in [-0.2, -0.15) is 0 Å². The molecule has 1 atom stereocenters. The zero-order valence-electron chi connectivity index (χ0n) is 7.54. The Morgan fingerprint density at radius 1 is 1.62 bits per heavy atom. The van der Waals surface area contributed by atoms with Gasteiger partial charge in [-0.15, -0.1) is 11.3 Å². The maximum absolute atomic E-state index is 11.6. The Labute approximate surface area is 81.2 Å². The first-order valence-electron chi connectivity index (χ1n) is 4.43. The molecule has 13 heavy (non-hydrogen) atoms. The molecule has 1 aromatic rings. The molecule has 1 unspecified atom stereocenters. The molecule has 0 radical (unpaired) electrons. The normalized spacial score (nSPS) is 21.7. The lowest BCUT2D eigenvalue weighted by Crippen LogP contribution is -2.21. The Hall–Kier alpha value is -0.670. The minimum absolute atomic E-state index is 0.127. The van der Waals surface area contributed by atoms with Crippen molar-refractivity contribution < 1.29 is 9.90 Å². The third-order valence-corrected chi connectivity index (χ3v) is 3.66. The third-order valence-electron chi connectivity index (χ3n) is 2.54. The van der Waals surface area contributed by atoms with Crippen molar-refractivity contribution in [3.8, 4) is 0 Å². The van der Waals surface area contributed by atoms with Crippen molar-refractivity contribution in [1.82, 2.24) is 0 Å². The van der Waals surface area contributed by atoms with Crippen molar-refractivity contribution in [3.63, 3.8) is 0 Å². The molecular formula is C10H12O2S. The lowest BCUT2D eigenvalue weighted by molar-refractivity contribution is 0.0920. The molecule has 2 rings (SSSR count). The summed E-state index contributed by atoms with van der Waals surface area (Å²) in [6.45, 7) is 2.11. The second-order valence-electron chi connectivity index (χ2n) is 3.60. The van der Waals surface area contributed by atoms with Crippen LogP contribution < -0.4 is 0 Å². The summed E-state index contributed by atoms with van der Waals surface area (Å²) in [6, 6.07) is 0. The third kappa shape index (κ3) is 1.42. The van der Waals surface area contributed by atoms with Crippen LogP contribution in [0.15, 0.2) is 5.38 Å². The van der Waals surface area contributed by atoms with Gasteiger partial charge < -0.3 is 5.11 Å². The molecule has 1 heterocycles. The summed E-state index contributed by atoms with van der Waals surface area (Å²) in [7, 11) is 0. The molecule has 1 N–H and O–H groups in total. The summed E-state index contributed by atoms with van der Waals surface area (Å²) in [5.74, 6) is 0.358. The van der Waals surface area contributed by atoms with Crippen LogP contribution in [0.25, 0.3) is 0 Å². The van der Waals surface area contributed by atoms with Crippen molar-refractivity contribution in [2.24, 2.45) is 5.92 Å². The number of aliphatic hydroxyl groups is 1. The lowest BCUT2D eigenvalue weighted by Gasteiger charge is -2.19. The van der Waals surface area contributed by atoms with E-state index < -0.39 is 0 Å². The summed E-state index contributed by atoms with van der Waals surface area (Å²) in [6.07, 6.45) is 1.39. The Morgan fingerprint density at radius 3 is 3.08 bits per heavy atom. The van der Waals surface area contributed by atoms with Crippen molar-refractivity contribution in [1.29, 1.82) is 0 Å². The number of fused-ring (bicyclic) bond motifs is 1. The number of thiophene rings is 1. The first-order chi connectivity index (χ1) is 6.22. The summed E-state index contributed by atoms with van der Waals surface area (Å²) < 4.78 is 0. The fourth-order valence-electron chi connectivity index (χ4n) is 1.85. The Morgan fingerprint density at radius 2 is 2.38 bits per heavy atom. The average Bonchev–Trinajstić information content (AvgIpc) is 2.48. The number of Topliss-reactive ketones (excluding diaryl/α,β-unsaturated/α-hetero) is 1. The van der Waals surface area contributed by atoms with E-state index in [2.05, 4.69) is 0 Å². The second kappa shape index (κ2) is 3.24. The number of aliphatic hydroxyl groups excluding tert-OH is 1. The molecule has 0 saturated heterocycles. The molecule has 0 aliphatic heterocycles. The van der Waals surface area contributed by atoms with E-state index in [9.17, 15) is 4.79 Å². The molecule has 1 aliphatic rings. The van der Waals surface area contributed by atoms with Gasteiger partial charge in [0.15, 0.2) is 5.78 Å². The topological polar surface area (TPSA) is 37.3 Å². The summed E-state index contributed by atoms with van der Waals surface area (Å²) in [5.41, 5.74) is 2.02. The summed E-state index contributed by atoms with van der Waals surface area (Å²) in [4.78, 5) is 12.8. The van der Waals surface area contributed by atoms with Crippen molar-refractivity contribution in [2.75, 3.05) is 6.61 Å². The van der Waals surface area contributed by atoms with Crippen LogP contribution >= 0.6 is 11.3 Å². The minimum Gasteiger partial charge on any atom is -0.396 e. The van der Waals surface area contributed by atoms with Crippen LogP contribution in [0.5, 0.6) is 0 Å². The number of rotatable bonds is 1. The molecule has 2 nitrogen and oxygen atoms in total. The highest BCUT2D eigenvalue weighted by atomic mass is 32.1. The Balaban J connectivity index is 2.39. The number of ketones is 1. The molecule has 0 bridgehead atoms. The SMILES string of the molecule is Cc1csc2c1C(=O)CC(CO)C2. The van der Waals surface area contributed by atoms with Gasteiger partial charge in [-0.1, -0.05) is 0 Å². The molecule has 1 aromatic heterocycles. The van der Waals surface area contributed by atoms with Gasteiger partial charge in [-0.05, 0) is 30.2 Å². The second-order valence-corrected chi connectivity index (χ2v) is 4.56. The lowest BCUT2D eigenvalue weighted by atomic mass is 9.87. The zero-order chi connectivity index (χ0) is 9.42. The quantitative estimate of drug-likeness (QED) is 0.743. The molecular weight excluding hydrogens is 184 g/mol. The molecule has 3 heteroatoms. The standard InChI is InChI=1S/C10H12O2S/c1-6-5-13-9-3-7(4-11)2-8(12)10(6)9/h5,7,11H,2-4H2,1H3.